The van der Waals surface area contributed by atoms with E-state index in [1.54, 1.807) is 19.5 Å². The quantitative estimate of drug-likeness (QED) is 0.903. The first-order valence-electron chi connectivity index (χ1n) is 7.90. The van der Waals surface area contributed by atoms with Crippen LogP contribution in [-0.4, -0.2) is 50.3 Å². The zero-order chi connectivity index (χ0) is 16.1. The molecule has 23 heavy (non-hydrogen) atoms. The molecule has 2 aromatic rings. The highest BCUT2D eigenvalue weighted by Gasteiger charge is 2.21. The monoisotopic (exact) mass is 313 g/mol. The standard InChI is InChI=1S/C17H23N5O/c1-18-13-14-4-5-15(16(12-14)23-2)21-8-10-22(11-9-21)17-19-6-3-7-20-17/h3-7,12,18H,8-11,13H2,1-2H3. The summed E-state index contributed by atoms with van der Waals surface area (Å²) in [5.41, 5.74) is 2.38. The van der Waals surface area contributed by atoms with E-state index in [-0.39, 0.29) is 0 Å². The zero-order valence-corrected chi connectivity index (χ0v) is 13.7. The summed E-state index contributed by atoms with van der Waals surface area (Å²) in [5, 5.41) is 3.17. The van der Waals surface area contributed by atoms with E-state index in [1.165, 1.54) is 5.56 Å². The van der Waals surface area contributed by atoms with E-state index in [2.05, 4.69) is 43.3 Å². The normalized spacial score (nSPS) is 14.9. The maximum atomic E-state index is 5.59. The molecule has 1 saturated heterocycles. The van der Waals surface area contributed by atoms with Gasteiger partial charge in [-0.2, -0.15) is 0 Å². The summed E-state index contributed by atoms with van der Waals surface area (Å²) in [6, 6.07) is 8.26. The molecule has 0 aliphatic carbocycles. The number of benzene rings is 1. The SMILES string of the molecule is CNCc1ccc(N2CCN(c3ncccn3)CC2)c(OC)c1. The van der Waals surface area contributed by atoms with Crippen molar-refractivity contribution < 1.29 is 4.74 Å². The van der Waals surface area contributed by atoms with Crippen molar-refractivity contribution in [3.8, 4) is 5.75 Å². The molecule has 1 aliphatic rings. The van der Waals surface area contributed by atoms with Crippen LogP contribution in [0.3, 0.4) is 0 Å². The van der Waals surface area contributed by atoms with Crippen LogP contribution in [0.5, 0.6) is 5.75 Å². The minimum absolute atomic E-state index is 0.809. The second kappa shape index (κ2) is 7.28. The van der Waals surface area contributed by atoms with E-state index in [0.29, 0.717) is 0 Å². The van der Waals surface area contributed by atoms with E-state index in [0.717, 1.165) is 50.1 Å². The largest absolute Gasteiger partial charge is 0.495 e. The Balaban J connectivity index is 1.70. The number of hydrogen-bond donors (Lipinski definition) is 1. The summed E-state index contributed by atoms with van der Waals surface area (Å²) in [7, 11) is 3.68. The molecular weight excluding hydrogens is 290 g/mol. The Morgan fingerprint density at radius 1 is 1.09 bits per heavy atom. The molecular formula is C17H23N5O. The number of piperazine rings is 1. The fourth-order valence-corrected chi connectivity index (χ4v) is 2.90. The minimum Gasteiger partial charge on any atom is -0.495 e. The summed E-state index contributed by atoms with van der Waals surface area (Å²) in [5.74, 6) is 1.74. The van der Waals surface area contributed by atoms with Crippen LogP contribution in [0, 0.1) is 0 Å². The van der Waals surface area contributed by atoms with Gasteiger partial charge in [0.05, 0.1) is 12.8 Å². The summed E-state index contributed by atoms with van der Waals surface area (Å²) >= 11 is 0. The first-order chi connectivity index (χ1) is 11.3. The highest BCUT2D eigenvalue weighted by molar-refractivity contribution is 5.60. The molecule has 2 heterocycles. The van der Waals surface area contributed by atoms with Gasteiger partial charge >= 0.3 is 0 Å². The van der Waals surface area contributed by atoms with Gasteiger partial charge in [0.2, 0.25) is 5.95 Å². The smallest absolute Gasteiger partial charge is 0.225 e. The fraction of sp³-hybridized carbons (Fsp3) is 0.412. The summed E-state index contributed by atoms with van der Waals surface area (Å²) in [6.45, 7) is 4.52. The molecule has 0 amide bonds. The number of hydrogen-bond acceptors (Lipinski definition) is 6. The first kappa shape index (κ1) is 15.6. The van der Waals surface area contributed by atoms with Crippen LogP contribution >= 0.6 is 0 Å². The van der Waals surface area contributed by atoms with Crippen molar-refractivity contribution in [2.75, 3.05) is 50.1 Å². The predicted molar refractivity (Wildman–Crippen MR) is 92.2 cm³/mol. The van der Waals surface area contributed by atoms with Gasteiger partial charge in [-0.1, -0.05) is 6.07 Å². The highest BCUT2D eigenvalue weighted by atomic mass is 16.5. The van der Waals surface area contributed by atoms with Crippen molar-refractivity contribution in [2.24, 2.45) is 0 Å². The van der Waals surface area contributed by atoms with Crippen LogP contribution in [-0.2, 0) is 6.54 Å². The van der Waals surface area contributed by atoms with Crippen LogP contribution in [0.1, 0.15) is 5.56 Å². The average molecular weight is 313 g/mol. The topological polar surface area (TPSA) is 53.5 Å². The molecule has 6 nitrogen and oxygen atoms in total. The Morgan fingerprint density at radius 3 is 2.43 bits per heavy atom. The van der Waals surface area contributed by atoms with Gasteiger partial charge in [0.15, 0.2) is 0 Å². The van der Waals surface area contributed by atoms with E-state index in [1.807, 2.05) is 13.1 Å². The van der Waals surface area contributed by atoms with Gasteiger partial charge in [0, 0.05) is 45.1 Å². The Labute approximate surface area is 137 Å². The number of methoxy groups -OCH3 is 1. The maximum Gasteiger partial charge on any atom is 0.225 e. The lowest BCUT2D eigenvalue weighted by Crippen LogP contribution is -2.47. The maximum absolute atomic E-state index is 5.59. The van der Waals surface area contributed by atoms with Gasteiger partial charge in [-0.3, -0.25) is 0 Å². The molecule has 1 fully saturated rings. The van der Waals surface area contributed by atoms with Crippen LogP contribution in [0.15, 0.2) is 36.7 Å². The number of anilines is 2. The molecule has 0 atom stereocenters. The van der Waals surface area contributed by atoms with Crippen molar-refractivity contribution >= 4 is 11.6 Å². The van der Waals surface area contributed by atoms with Crippen molar-refractivity contribution in [2.45, 2.75) is 6.54 Å². The Bertz CT molecular complexity index is 626. The highest BCUT2D eigenvalue weighted by Crippen LogP contribution is 2.30. The summed E-state index contributed by atoms with van der Waals surface area (Å²) < 4.78 is 5.59. The number of nitrogens with one attached hydrogen (secondary N) is 1. The van der Waals surface area contributed by atoms with Crippen LogP contribution in [0.4, 0.5) is 11.6 Å². The predicted octanol–water partition coefficient (Wildman–Crippen LogP) is 1.53. The molecule has 0 bridgehead atoms. The average Bonchev–Trinajstić information content (AvgIpc) is 2.63. The molecule has 1 N–H and O–H groups in total. The third-order valence-corrected chi connectivity index (χ3v) is 4.08. The van der Waals surface area contributed by atoms with E-state index >= 15 is 0 Å². The molecule has 1 aliphatic heterocycles. The molecule has 6 heteroatoms. The number of rotatable bonds is 5. The lowest BCUT2D eigenvalue weighted by Gasteiger charge is -2.36. The number of aromatic nitrogens is 2. The van der Waals surface area contributed by atoms with Crippen LogP contribution in [0.2, 0.25) is 0 Å². The second-order valence-electron chi connectivity index (χ2n) is 5.56. The Kier molecular flexibility index (Phi) is 4.92. The third kappa shape index (κ3) is 3.53. The molecule has 0 radical (unpaired) electrons. The van der Waals surface area contributed by atoms with Gasteiger partial charge in [-0.05, 0) is 30.8 Å². The Hall–Kier alpha value is -2.34. The van der Waals surface area contributed by atoms with Gasteiger partial charge in [-0.25, -0.2) is 9.97 Å². The lowest BCUT2D eigenvalue weighted by molar-refractivity contribution is 0.413. The van der Waals surface area contributed by atoms with Gasteiger partial charge in [-0.15, -0.1) is 0 Å². The lowest BCUT2D eigenvalue weighted by atomic mass is 10.1. The van der Waals surface area contributed by atoms with Crippen LogP contribution in [0.25, 0.3) is 0 Å². The number of ether oxygens (including phenoxy) is 1. The van der Waals surface area contributed by atoms with E-state index in [9.17, 15) is 0 Å². The molecule has 0 saturated carbocycles. The second-order valence-corrected chi connectivity index (χ2v) is 5.56. The van der Waals surface area contributed by atoms with Crippen LogP contribution < -0.4 is 19.9 Å². The van der Waals surface area contributed by atoms with Crippen molar-refractivity contribution in [1.82, 2.24) is 15.3 Å². The van der Waals surface area contributed by atoms with E-state index in [4.69, 9.17) is 4.74 Å². The first-order valence-corrected chi connectivity index (χ1v) is 7.90. The fourth-order valence-electron chi connectivity index (χ4n) is 2.90. The molecule has 0 spiro atoms. The molecule has 1 aromatic carbocycles. The minimum atomic E-state index is 0.809. The summed E-state index contributed by atoms with van der Waals surface area (Å²) in [4.78, 5) is 13.2. The van der Waals surface area contributed by atoms with Crippen molar-refractivity contribution in [3.05, 3.63) is 42.2 Å². The Morgan fingerprint density at radius 2 is 1.78 bits per heavy atom. The molecule has 3 rings (SSSR count). The number of nitrogens with zero attached hydrogens (tertiary/aromatic N) is 4. The summed E-state index contributed by atoms with van der Waals surface area (Å²) in [6.07, 6.45) is 3.58. The van der Waals surface area contributed by atoms with Gasteiger partial charge in [0.25, 0.3) is 0 Å². The molecule has 1 aromatic heterocycles. The van der Waals surface area contributed by atoms with E-state index < -0.39 is 0 Å². The van der Waals surface area contributed by atoms with Gasteiger partial charge in [0.1, 0.15) is 5.75 Å². The molecule has 122 valence electrons. The van der Waals surface area contributed by atoms with Crippen molar-refractivity contribution in [3.63, 3.8) is 0 Å². The molecule has 0 unspecified atom stereocenters. The van der Waals surface area contributed by atoms with Gasteiger partial charge < -0.3 is 19.9 Å². The third-order valence-electron chi connectivity index (χ3n) is 4.08. The van der Waals surface area contributed by atoms with Crippen molar-refractivity contribution in [1.29, 1.82) is 0 Å². The zero-order valence-electron chi connectivity index (χ0n) is 13.7.